The smallest absolute Gasteiger partial charge is 0.256 e. The highest BCUT2D eigenvalue weighted by atomic mass is 19.1. The van der Waals surface area contributed by atoms with Crippen molar-refractivity contribution in [1.29, 1.82) is 0 Å². The molecule has 5 heteroatoms. The maximum absolute atomic E-state index is 13.0. The number of carbonyl (C=O) groups is 1. The molecule has 0 spiro atoms. The number of benzene rings is 2. The fourth-order valence-electron chi connectivity index (χ4n) is 2.72. The zero-order valence-corrected chi connectivity index (χ0v) is 13.2. The fraction of sp³-hybridized carbons (Fsp3) is 0.316. The molecular weight excluding hydrogens is 309 g/mol. The van der Waals surface area contributed by atoms with E-state index in [1.807, 2.05) is 6.07 Å². The minimum Gasteiger partial charge on any atom is -0.387 e. The number of halogens is 1. The third-order valence-electron chi connectivity index (χ3n) is 4.24. The molecule has 2 aromatic carbocycles. The average Bonchev–Trinajstić information content (AvgIpc) is 3.44. The molecule has 0 radical (unpaired) electrons. The van der Waals surface area contributed by atoms with Gasteiger partial charge in [0.1, 0.15) is 5.82 Å². The summed E-state index contributed by atoms with van der Waals surface area (Å²) in [6.07, 6.45) is -0.433. The zero-order valence-electron chi connectivity index (χ0n) is 13.2. The summed E-state index contributed by atoms with van der Waals surface area (Å²) in [6, 6.07) is 14.4. The Labute approximate surface area is 140 Å². The molecule has 1 amide bonds. The Balaban J connectivity index is 1.72. The topological polar surface area (TPSA) is 60.8 Å². The van der Waals surface area contributed by atoms with Gasteiger partial charge < -0.3 is 15.1 Å². The average molecular weight is 329 g/mol. The van der Waals surface area contributed by atoms with Gasteiger partial charge in [-0.1, -0.05) is 42.5 Å². The zero-order chi connectivity index (χ0) is 17.1. The Hall–Kier alpha value is -2.24. The largest absolute Gasteiger partial charge is 0.387 e. The summed E-state index contributed by atoms with van der Waals surface area (Å²) >= 11 is 0. The first-order valence-corrected chi connectivity index (χ1v) is 8.03. The molecule has 0 aliphatic heterocycles. The van der Waals surface area contributed by atoms with Crippen LogP contribution in [0.4, 0.5) is 4.39 Å². The Morgan fingerprint density at radius 2 is 1.67 bits per heavy atom. The molecule has 0 bridgehead atoms. The highest BCUT2D eigenvalue weighted by Gasteiger charge is 2.36. The van der Waals surface area contributed by atoms with Crippen LogP contribution in [0.5, 0.6) is 0 Å². The Bertz CT molecular complexity index is 686. The molecule has 2 N–H and O–H groups in total. The van der Waals surface area contributed by atoms with Crippen molar-refractivity contribution in [1.82, 2.24) is 4.90 Å². The van der Waals surface area contributed by atoms with Gasteiger partial charge >= 0.3 is 0 Å². The maximum Gasteiger partial charge on any atom is 0.256 e. The molecule has 3 rings (SSSR count). The molecule has 4 nitrogen and oxygen atoms in total. The number of hydrogen-bond donors (Lipinski definition) is 2. The third kappa shape index (κ3) is 3.80. The summed E-state index contributed by atoms with van der Waals surface area (Å²) < 4.78 is 13.0. The number of rotatable bonds is 6. The first-order chi connectivity index (χ1) is 11.6. The molecule has 1 aliphatic carbocycles. The lowest BCUT2D eigenvalue weighted by Gasteiger charge is -2.27. The van der Waals surface area contributed by atoms with E-state index in [1.54, 1.807) is 24.3 Å². The maximum atomic E-state index is 13.0. The van der Waals surface area contributed by atoms with Gasteiger partial charge in [0.05, 0.1) is 12.6 Å². The SMILES string of the molecule is O=C([C@H](O)c1ccccc1)N(C[C@@H](O)c1ccc(F)cc1)C1CC1. The van der Waals surface area contributed by atoms with Crippen molar-refractivity contribution in [2.75, 3.05) is 6.54 Å². The van der Waals surface area contributed by atoms with E-state index < -0.39 is 18.1 Å². The minimum atomic E-state index is -1.24. The summed E-state index contributed by atoms with van der Waals surface area (Å²) in [7, 11) is 0. The summed E-state index contributed by atoms with van der Waals surface area (Å²) in [5.41, 5.74) is 1.08. The lowest BCUT2D eigenvalue weighted by Crippen LogP contribution is -2.39. The van der Waals surface area contributed by atoms with Crippen molar-refractivity contribution in [2.24, 2.45) is 0 Å². The normalized spacial score (nSPS) is 16.5. The number of hydrogen-bond acceptors (Lipinski definition) is 3. The van der Waals surface area contributed by atoms with Crippen LogP contribution in [0, 0.1) is 5.82 Å². The molecule has 0 saturated heterocycles. The standard InChI is InChI=1S/C19H20FNO3/c20-15-8-6-13(7-9-15)17(22)12-21(16-10-11-16)19(24)18(23)14-4-2-1-3-5-14/h1-9,16-18,22-23H,10-12H2/t17-,18-/m1/s1. The lowest BCUT2D eigenvalue weighted by atomic mass is 10.1. The number of amides is 1. The van der Waals surface area contributed by atoms with E-state index in [0.29, 0.717) is 11.1 Å². The van der Waals surface area contributed by atoms with Crippen molar-refractivity contribution in [3.05, 3.63) is 71.5 Å². The summed E-state index contributed by atoms with van der Waals surface area (Å²) in [5.74, 6) is -0.787. The van der Waals surface area contributed by atoms with Crippen molar-refractivity contribution in [3.8, 4) is 0 Å². The van der Waals surface area contributed by atoms with Crippen molar-refractivity contribution >= 4 is 5.91 Å². The molecule has 1 fully saturated rings. The van der Waals surface area contributed by atoms with Gasteiger partial charge in [-0.3, -0.25) is 4.79 Å². The van der Waals surface area contributed by atoms with E-state index in [0.717, 1.165) is 12.8 Å². The predicted molar refractivity (Wildman–Crippen MR) is 87.5 cm³/mol. The van der Waals surface area contributed by atoms with Crippen LogP contribution in [0.1, 0.15) is 36.2 Å². The van der Waals surface area contributed by atoms with Crippen LogP contribution in [-0.4, -0.2) is 33.6 Å². The highest BCUT2D eigenvalue weighted by molar-refractivity contribution is 5.82. The molecule has 0 heterocycles. The van der Waals surface area contributed by atoms with E-state index >= 15 is 0 Å². The number of nitrogens with zero attached hydrogens (tertiary/aromatic N) is 1. The van der Waals surface area contributed by atoms with E-state index in [1.165, 1.54) is 29.2 Å². The molecule has 2 aromatic rings. The van der Waals surface area contributed by atoms with Gasteiger partial charge in [-0.25, -0.2) is 4.39 Å². The Morgan fingerprint density at radius 1 is 1.04 bits per heavy atom. The van der Waals surface area contributed by atoms with Crippen LogP contribution in [0.3, 0.4) is 0 Å². The van der Waals surface area contributed by atoms with Gasteiger partial charge in [0.15, 0.2) is 6.10 Å². The predicted octanol–water partition coefficient (Wildman–Crippen LogP) is 2.58. The van der Waals surface area contributed by atoms with Gasteiger partial charge in [0.25, 0.3) is 5.91 Å². The van der Waals surface area contributed by atoms with Crippen molar-refractivity contribution in [2.45, 2.75) is 31.1 Å². The van der Waals surface area contributed by atoms with Crippen LogP contribution in [0.25, 0.3) is 0 Å². The molecule has 0 aromatic heterocycles. The van der Waals surface area contributed by atoms with Gasteiger partial charge in [0.2, 0.25) is 0 Å². The van der Waals surface area contributed by atoms with E-state index in [2.05, 4.69) is 0 Å². The molecule has 1 saturated carbocycles. The van der Waals surface area contributed by atoms with Gasteiger partial charge in [-0.2, -0.15) is 0 Å². The lowest BCUT2D eigenvalue weighted by molar-refractivity contribution is -0.142. The van der Waals surface area contributed by atoms with Crippen LogP contribution in [0.15, 0.2) is 54.6 Å². The minimum absolute atomic E-state index is 0.0472. The third-order valence-corrected chi connectivity index (χ3v) is 4.24. The second kappa shape index (κ2) is 7.11. The fourth-order valence-corrected chi connectivity index (χ4v) is 2.72. The van der Waals surface area contributed by atoms with Gasteiger partial charge in [-0.05, 0) is 36.1 Å². The van der Waals surface area contributed by atoms with E-state index in [-0.39, 0.29) is 18.4 Å². The second-order valence-electron chi connectivity index (χ2n) is 6.10. The van der Waals surface area contributed by atoms with Crippen molar-refractivity contribution < 1.29 is 19.4 Å². The number of aliphatic hydroxyl groups excluding tert-OH is 2. The van der Waals surface area contributed by atoms with E-state index in [4.69, 9.17) is 0 Å². The van der Waals surface area contributed by atoms with Gasteiger partial charge in [0, 0.05) is 6.04 Å². The molecule has 1 aliphatic rings. The summed E-state index contributed by atoms with van der Waals surface area (Å²) in [4.78, 5) is 14.2. The Morgan fingerprint density at radius 3 is 2.25 bits per heavy atom. The summed E-state index contributed by atoms with van der Waals surface area (Å²) in [6.45, 7) is 0.0824. The first kappa shape index (κ1) is 16.6. The van der Waals surface area contributed by atoms with Gasteiger partial charge in [-0.15, -0.1) is 0 Å². The van der Waals surface area contributed by atoms with Crippen LogP contribution >= 0.6 is 0 Å². The quantitative estimate of drug-likeness (QED) is 0.856. The van der Waals surface area contributed by atoms with Crippen LogP contribution < -0.4 is 0 Å². The van der Waals surface area contributed by atoms with E-state index in [9.17, 15) is 19.4 Å². The highest BCUT2D eigenvalue weighted by Crippen LogP contribution is 2.31. The van der Waals surface area contributed by atoms with Crippen molar-refractivity contribution in [3.63, 3.8) is 0 Å². The molecular formula is C19H20FNO3. The second-order valence-corrected chi connectivity index (χ2v) is 6.10. The number of aliphatic hydroxyl groups is 2. The molecule has 2 atom stereocenters. The monoisotopic (exact) mass is 329 g/mol. The molecule has 24 heavy (non-hydrogen) atoms. The first-order valence-electron chi connectivity index (χ1n) is 8.03. The van der Waals surface area contributed by atoms with Crippen LogP contribution in [-0.2, 0) is 4.79 Å². The Kier molecular flexibility index (Phi) is 4.92. The van der Waals surface area contributed by atoms with Crippen LogP contribution in [0.2, 0.25) is 0 Å². The number of carbonyl (C=O) groups excluding carboxylic acids is 1. The molecule has 0 unspecified atom stereocenters. The summed E-state index contributed by atoms with van der Waals surface area (Å²) in [5, 5.41) is 20.7. The molecule has 126 valence electrons.